The van der Waals surface area contributed by atoms with Gasteiger partial charge in [-0.2, -0.15) is 0 Å². The third-order valence-electron chi connectivity index (χ3n) is 4.38. The largest absolute Gasteiger partial charge is 0.378 e. The fourth-order valence-electron chi connectivity index (χ4n) is 2.81. The number of aliphatic imine (C=N–C) groups is 1. The van der Waals surface area contributed by atoms with Crippen molar-refractivity contribution < 1.29 is 13.3 Å². The summed E-state index contributed by atoms with van der Waals surface area (Å²) in [5.41, 5.74) is 0.486. The van der Waals surface area contributed by atoms with E-state index in [1.807, 2.05) is 4.90 Å². The fourth-order valence-corrected chi connectivity index (χ4v) is 4.18. The second-order valence-corrected chi connectivity index (χ2v) is 9.42. The van der Waals surface area contributed by atoms with Crippen molar-refractivity contribution in [2.24, 2.45) is 4.99 Å². The van der Waals surface area contributed by atoms with Crippen LogP contribution in [0.2, 0.25) is 0 Å². The van der Waals surface area contributed by atoms with Gasteiger partial charge in [0.2, 0.25) is 0 Å². The van der Waals surface area contributed by atoms with Crippen molar-refractivity contribution in [1.29, 1.82) is 0 Å². The van der Waals surface area contributed by atoms with Crippen LogP contribution in [0.3, 0.4) is 0 Å². The first kappa shape index (κ1) is 23.4. The van der Waals surface area contributed by atoms with Crippen LogP contribution in [0.25, 0.3) is 0 Å². The zero-order chi connectivity index (χ0) is 19.4. The molecule has 2 rings (SSSR count). The van der Waals surface area contributed by atoms with Crippen molar-refractivity contribution in [3.8, 4) is 0 Å². The van der Waals surface area contributed by atoms with Gasteiger partial charge in [-0.3, -0.25) is 15.1 Å². The van der Waals surface area contributed by atoms with Crippen LogP contribution < -0.4 is 10.6 Å². The third-order valence-corrected chi connectivity index (χ3v) is 6.91. The SMILES string of the molecule is CN=C(NCCNc1ccccc1[N+](=O)[O-])N1CCS(=O)(=O)C(C)(C)C1.I. The van der Waals surface area contributed by atoms with Gasteiger partial charge in [0.25, 0.3) is 5.69 Å². The number of hydrogen-bond acceptors (Lipinski definition) is 6. The van der Waals surface area contributed by atoms with Crippen molar-refractivity contribution >= 4 is 51.1 Å². The van der Waals surface area contributed by atoms with Crippen LogP contribution in [0.1, 0.15) is 13.8 Å². The number of nitro groups is 1. The zero-order valence-electron chi connectivity index (χ0n) is 15.6. The Bertz CT molecular complexity index is 798. The van der Waals surface area contributed by atoms with Crippen LogP contribution in [0, 0.1) is 10.1 Å². The van der Waals surface area contributed by atoms with E-state index in [2.05, 4.69) is 15.6 Å². The Morgan fingerprint density at radius 1 is 1.33 bits per heavy atom. The summed E-state index contributed by atoms with van der Waals surface area (Å²) in [6.45, 7) is 5.15. The molecule has 1 fully saturated rings. The van der Waals surface area contributed by atoms with Crippen LogP contribution in [0.15, 0.2) is 29.3 Å². The van der Waals surface area contributed by atoms with Gasteiger partial charge in [-0.25, -0.2) is 8.42 Å². The minimum absolute atomic E-state index is 0. The maximum atomic E-state index is 12.1. The summed E-state index contributed by atoms with van der Waals surface area (Å²) in [6, 6.07) is 6.46. The fraction of sp³-hybridized carbons (Fsp3) is 0.562. The molecule has 27 heavy (non-hydrogen) atoms. The van der Waals surface area contributed by atoms with Gasteiger partial charge < -0.3 is 15.5 Å². The lowest BCUT2D eigenvalue weighted by Gasteiger charge is -2.39. The summed E-state index contributed by atoms with van der Waals surface area (Å²) in [4.78, 5) is 16.7. The Morgan fingerprint density at radius 3 is 2.59 bits per heavy atom. The van der Waals surface area contributed by atoms with Gasteiger partial charge in [-0.1, -0.05) is 12.1 Å². The second kappa shape index (κ2) is 9.53. The molecule has 0 saturated carbocycles. The number of nitro benzene ring substituents is 1. The molecular weight excluding hydrogens is 485 g/mol. The Balaban J connectivity index is 0.00000364. The Morgan fingerprint density at radius 2 is 2.00 bits per heavy atom. The van der Waals surface area contributed by atoms with E-state index in [-0.39, 0.29) is 35.4 Å². The molecule has 0 amide bonds. The topological polar surface area (TPSA) is 117 Å². The van der Waals surface area contributed by atoms with E-state index in [0.717, 1.165) is 0 Å². The number of halogens is 1. The highest BCUT2D eigenvalue weighted by atomic mass is 127. The molecule has 0 bridgehead atoms. The van der Waals surface area contributed by atoms with E-state index >= 15 is 0 Å². The predicted molar refractivity (Wildman–Crippen MR) is 118 cm³/mol. The maximum absolute atomic E-state index is 12.1. The number of hydrogen-bond donors (Lipinski definition) is 2. The number of para-hydroxylation sites is 2. The van der Waals surface area contributed by atoms with E-state index < -0.39 is 19.5 Å². The summed E-state index contributed by atoms with van der Waals surface area (Å²) >= 11 is 0. The first-order valence-electron chi connectivity index (χ1n) is 8.33. The molecule has 1 saturated heterocycles. The summed E-state index contributed by atoms with van der Waals surface area (Å²) in [5, 5.41) is 17.2. The average Bonchev–Trinajstić information content (AvgIpc) is 2.58. The lowest BCUT2D eigenvalue weighted by atomic mass is 10.2. The van der Waals surface area contributed by atoms with E-state index in [9.17, 15) is 18.5 Å². The van der Waals surface area contributed by atoms with Crippen LogP contribution >= 0.6 is 24.0 Å². The summed E-state index contributed by atoms with van der Waals surface area (Å²) in [7, 11) is -1.46. The van der Waals surface area contributed by atoms with E-state index in [1.54, 1.807) is 39.1 Å². The van der Waals surface area contributed by atoms with Gasteiger partial charge >= 0.3 is 0 Å². The molecular formula is C16H26IN5O4S. The minimum Gasteiger partial charge on any atom is -0.378 e. The highest BCUT2D eigenvalue weighted by Gasteiger charge is 2.40. The molecule has 1 aromatic carbocycles. The molecule has 0 spiro atoms. The highest BCUT2D eigenvalue weighted by Crippen LogP contribution is 2.24. The monoisotopic (exact) mass is 511 g/mol. The summed E-state index contributed by atoms with van der Waals surface area (Å²) in [6.07, 6.45) is 0. The van der Waals surface area contributed by atoms with Gasteiger partial charge in [0, 0.05) is 39.3 Å². The van der Waals surface area contributed by atoms with Gasteiger partial charge in [-0.15, -0.1) is 24.0 Å². The second-order valence-electron chi connectivity index (χ2n) is 6.68. The lowest BCUT2D eigenvalue weighted by molar-refractivity contribution is -0.384. The molecule has 0 aromatic heterocycles. The number of benzene rings is 1. The molecule has 11 heteroatoms. The highest BCUT2D eigenvalue weighted by molar-refractivity contribution is 14.0. The number of nitrogens with zero attached hydrogens (tertiary/aromatic N) is 3. The van der Waals surface area contributed by atoms with Crippen molar-refractivity contribution in [2.45, 2.75) is 18.6 Å². The molecule has 2 N–H and O–H groups in total. The van der Waals surface area contributed by atoms with E-state index in [4.69, 9.17) is 0 Å². The van der Waals surface area contributed by atoms with E-state index in [0.29, 0.717) is 37.8 Å². The first-order chi connectivity index (χ1) is 12.2. The predicted octanol–water partition coefficient (Wildman–Crippen LogP) is 1.71. The van der Waals surface area contributed by atoms with Crippen molar-refractivity contribution in [3.63, 3.8) is 0 Å². The number of rotatable bonds is 5. The molecule has 1 heterocycles. The summed E-state index contributed by atoms with van der Waals surface area (Å²) in [5.74, 6) is 0.715. The maximum Gasteiger partial charge on any atom is 0.292 e. The van der Waals surface area contributed by atoms with E-state index in [1.165, 1.54) is 6.07 Å². The number of guanidine groups is 1. The number of nitrogens with one attached hydrogen (secondary N) is 2. The molecule has 152 valence electrons. The molecule has 1 aliphatic rings. The minimum atomic E-state index is -3.11. The standard InChI is InChI=1S/C16H25N5O4S.HI/c1-16(2)12-20(10-11-26(16,24)25)15(17-3)19-9-8-18-13-6-4-5-7-14(13)21(22)23;/h4-7,18H,8-12H2,1-3H3,(H,17,19);1H. The first-order valence-corrected chi connectivity index (χ1v) is 9.98. The van der Waals surface area contributed by atoms with Crippen LogP contribution in [-0.4, -0.2) is 67.9 Å². The lowest BCUT2D eigenvalue weighted by Crippen LogP contribution is -2.57. The smallest absolute Gasteiger partial charge is 0.292 e. The Hall–Kier alpha value is -1.63. The van der Waals surface area contributed by atoms with Gasteiger partial charge in [0.1, 0.15) is 5.69 Å². The van der Waals surface area contributed by atoms with Crippen LogP contribution in [-0.2, 0) is 9.84 Å². The zero-order valence-corrected chi connectivity index (χ0v) is 18.8. The van der Waals surface area contributed by atoms with Gasteiger partial charge in [0.15, 0.2) is 15.8 Å². The molecule has 9 nitrogen and oxygen atoms in total. The molecule has 0 unspecified atom stereocenters. The van der Waals surface area contributed by atoms with Crippen molar-refractivity contribution in [3.05, 3.63) is 34.4 Å². The molecule has 0 radical (unpaired) electrons. The van der Waals surface area contributed by atoms with Crippen LogP contribution in [0.5, 0.6) is 0 Å². The summed E-state index contributed by atoms with van der Waals surface area (Å²) < 4.78 is 23.4. The van der Waals surface area contributed by atoms with Gasteiger partial charge in [0.05, 0.1) is 15.4 Å². The molecule has 1 aliphatic heterocycles. The van der Waals surface area contributed by atoms with Crippen molar-refractivity contribution in [1.82, 2.24) is 10.2 Å². The molecule has 0 atom stereocenters. The molecule has 1 aromatic rings. The quantitative estimate of drug-likeness (QED) is 0.154. The number of sulfone groups is 1. The van der Waals surface area contributed by atoms with Crippen LogP contribution in [0.4, 0.5) is 11.4 Å². The number of anilines is 1. The van der Waals surface area contributed by atoms with Gasteiger partial charge in [-0.05, 0) is 19.9 Å². The normalized spacial score (nSPS) is 18.3. The van der Waals surface area contributed by atoms with Crippen molar-refractivity contribution in [2.75, 3.05) is 44.3 Å². The Kier molecular flexibility index (Phi) is 8.26. The Labute approximate surface area is 176 Å². The average molecular weight is 511 g/mol. The third kappa shape index (κ3) is 5.67. The molecule has 0 aliphatic carbocycles.